The van der Waals surface area contributed by atoms with Crippen molar-refractivity contribution in [2.75, 3.05) is 6.54 Å². The molecule has 2 unspecified atom stereocenters. The van der Waals surface area contributed by atoms with Crippen molar-refractivity contribution in [1.82, 2.24) is 0 Å². The second kappa shape index (κ2) is 5.62. The fourth-order valence-corrected chi connectivity index (χ4v) is 3.82. The van der Waals surface area contributed by atoms with E-state index in [1.165, 1.54) is 38.2 Å². The first kappa shape index (κ1) is 13.7. The largest absolute Gasteiger partial charge is 0.504 e. The smallest absolute Gasteiger partial charge is 0.161 e. The lowest BCUT2D eigenvalue weighted by atomic mass is 9.75. The van der Waals surface area contributed by atoms with E-state index < -0.39 is 0 Å². The Hall–Kier alpha value is -1.26. The summed E-state index contributed by atoms with van der Waals surface area (Å²) in [6.07, 6.45) is 6.23. The van der Waals surface area contributed by atoms with Crippen LogP contribution >= 0.6 is 0 Å². The quantitative estimate of drug-likeness (QED) is 0.726. The van der Waals surface area contributed by atoms with Gasteiger partial charge in [-0.3, -0.25) is 0 Å². The number of phenols is 2. The molecule has 4 heteroatoms. The Morgan fingerprint density at radius 2 is 1.90 bits per heavy atom. The molecule has 0 bridgehead atoms. The van der Waals surface area contributed by atoms with Crippen LogP contribution in [0.15, 0.2) is 12.1 Å². The third-order valence-electron chi connectivity index (χ3n) is 4.85. The van der Waals surface area contributed by atoms with Gasteiger partial charge in [0.1, 0.15) is 0 Å². The SMILES string of the molecule is NCC1c2c(ccc(O)c2O)COC1C1CCCCC1. The minimum atomic E-state index is -0.0634. The monoisotopic (exact) mass is 277 g/mol. The number of nitrogens with two attached hydrogens (primary N) is 1. The summed E-state index contributed by atoms with van der Waals surface area (Å²) in [5.74, 6) is 0.426. The Morgan fingerprint density at radius 3 is 2.60 bits per heavy atom. The third kappa shape index (κ3) is 2.27. The lowest BCUT2D eigenvalue weighted by molar-refractivity contribution is -0.0382. The first-order valence-electron chi connectivity index (χ1n) is 7.57. The lowest BCUT2D eigenvalue weighted by Crippen LogP contribution is -2.39. The number of rotatable bonds is 2. The molecular formula is C16H23NO3. The molecule has 0 amide bonds. The van der Waals surface area contributed by atoms with Gasteiger partial charge in [-0.05, 0) is 30.4 Å². The molecule has 1 aromatic rings. The van der Waals surface area contributed by atoms with Crippen molar-refractivity contribution in [3.8, 4) is 11.5 Å². The van der Waals surface area contributed by atoms with Crippen LogP contribution < -0.4 is 5.73 Å². The summed E-state index contributed by atoms with van der Waals surface area (Å²) < 4.78 is 6.07. The summed E-state index contributed by atoms with van der Waals surface area (Å²) in [4.78, 5) is 0. The summed E-state index contributed by atoms with van der Waals surface area (Å²) >= 11 is 0. The van der Waals surface area contributed by atoms with Crippen LogP contribution in [0, 0.1) is 5.92 Å². The fraction of sp³-hybridized carbons (Fsp3) is 0.625. The first-order valence-corrected chi connectivity index (χ1v) is 7.57. The molecule has 1 heterocycles. The standard InChI is InChI=1S/C16H23NO3/c17-8-12-14-11(6-7-13(18)15(14)19)9-20-16(12)10-4-2-1-3-5-10/h6-7,10,12,16,18-19H,1-5,8-9,17H2. The Bertz CT molecular complexity index is 483. The summed E-state index contributed by atoms with van der Waals surface area (Å²) in [7, 11) is 0. The van der Waals surface area contributed by atoms with Crippen molar-refractivity contribution in [1.29, 1.82) is 0 Å². The number of phenolic OH excluding ortho intramolecular Hbond substituents is 2. The van der Waals surface area contributed by atoms with Crippen LogP contribution in [-0.2, 0) is 11.3 Å². The average molecular weight is 277 g/mol. The molecule has 0 spiro atoms. The second-order valence-corrected chi connectivity index (χ2v) is 6.02. The number of benzene rings is 1. The highest BCUT2D eigenvalue weighted by Crippen LogP contribution is 2.45. The van der Waals surface area contributed by atoms with Crippen molar-refractivity contribution < 1.29 is 14.9 Å². The molecular weight excluding hydrogens is 254 g/mol. The molecule has 4 N–H and O–H groups in total. The van der Waals surface area contributed by atoms with Gasteiger partial charge in [-0.2, -0.15) is 0 Å². The minimum absolute atomic E-state index is 0.0120. The Kier molecular flexibility index (Phi) is 3.85. The van der Waals surface area contributed by atoms with E-state index in [9.17, 15) is 10.2 Å². The molecule has 110 valence electrons. The maximum Gasteiger partial charge on any atom is 0.161 e. The van der Waals surface area contributed by atoms with E-state index in [-0.39, 0.29) is 23.5 Å². The Morgan fingerprint density at radius 1 is 1.15 bits per heavy atom. The van der Waals surface area contributed by atoms with Gasteiger partial charge in [0.15, 0.2) is 11.5 Å². The van der Waals surface area contributed by atoms with E-state index in [2.05, 4.69) is 0 Å². The molecule has 20 heavy (non-hydrogen) atoms. The molecule has 1 aliphatic carbocycles. The minimum Gasteiger partial charge on any atom is -0.504 e. The highest BCUT2D eigenvalue weighted by Gasteiger charge is 2.37. The Balaban J connectivity index is 1.94. The van der Waals surface area contributed by atoms with Gasteiger partial charge in [-0.15, -0.1) is 0 Å². The molecule has 1 aliphatic heterocycles. The molecule has 1 fully saturated rings. The van der Waals surface area contributed by atoms with Crippen LogP contribution in [0.5, 0.6) is 11.5 Å². The highest BCUT2D eigenvalue weighted by molar-refractivity contribution is 5.52. The van der Waals surface area contributed by atoms with Gasteiger partial charge < -0.3 is 20.7 Å². The van der Waals surface area contributed by atoms with Crippen LogP contribution in [0.1, 0.15) is 49.1 Å². The average Bonchev–Trinajstić information content (AvgIpc) is 2.50. The number of aromatic hydroxyl groups is 2. The summed E-state index contributed by atoms with van der Waals surface area (Å²) in [6.45, 7) is 0.937. The zero-order valence-electron chi connectivity index (χ0n) is 11.7. The predicted octanol–water partition coefficient (Wildman–Crippen LogP) is 2.62. The van der Waals surface area contributed by atoms with Gasteiger partial charge >= 0.3 is 0 Å². The van der Waals surface area contributed by atoms with E-state index >= 15 is 0 Å². The van der Waals surface area contributed by atoms with E-state index in [1.807, 2.05) is 6.07 Å². The van der Waals surface area contributed by atoms with Gasteiger partial charge in [0.05, 0.1) is 12.7 Å². The normalized spacial score (nSPS) is 27.2. The zero-order valence-corrected chi connectivity index (χ0v) is 11.7. The molecule has 2 aliphatic rings. The molecule has 0 saturated heterocycles. The fourth-order valence-electron chi connectivity index (χ4n) is 3.82. The second-order valence-electron chi connectivity index (χ2n) is 6.02. The summed E-state index contributed by atoms with van der Waals surface area (Å²) in [5.41, 5.74) is 7.71. The topological polar surface area (TPSA) is 75.7 Å². The van der Waals surface area contributed by atoms with Crippen molar-refractivity contribution in [2.24, 2.45) is 11.7 Å². The van der Waals surface area contributed by atoms with Crippen LogP contribution in [0.25, 0.3) is 0 Å². The van der Waals surface area contributed by atoms with Crippen molar-refractivity contribution in [3.05, 3.63) is 23.3 Å². The van der Waals surface area contributed by atoms with Gasteiger partial charge in [0, 0.05) is 18.0 Å². The molecule has 1 aromatic carbocycles. The first-order chi connectivity index (χ1) is 9.72. The maximum atomic E-state index is 10.2. The molecule has 2 atom stereocenters. The van der Waals surface area contributed by atoms with Crippen molar-refractivity contribution >= 4 is 0 Å². The van der Waals surface area contributed by atoms with E-state index in [0.29, 0.717) is 19.1 Å². The summed E-state index contributed by atoms with van der Waals surface area (Å²) in [6, 6.07) is 3.34. The van der Waals surface area contributed by atoms with Crippen molar-refractivity contribution in [3.63, 3.8) is 0 Å². The van der Waals surface area contributed by atoms with Crippen LogP contribution in [-0.4, -0.2) is 22.9 Å². The van der Waals surface area contributed by atoms with Gasteiger partial charge in [0.2, 0.25) is 0 Å². The number of hydrogen-bond acceptors (Lipinski definition) is 4. The molecule has 3 rings (SSSR count). The van der Waals surface area contributed by atoms with Crippen LogP contribution in [0.3, 0.4) is 0 Å². The predicted molar refractivity (Wildman–Crippen MR) is 76.7 cm³/mol. The molecule has 1 saturated carbocycles. The van der Waals surface area contributed by atoms with Gasteiger partial charge in [0.25, 0.3) is 0 Å². The van der Waals surface area contributed by atoms with Crippen LogP contribution in [0.2, 0.25) is 0 Å². The third-order valence-corrected chi connectivity index (χ3v) is 4.85. The van der Waals surface area contributed by atoms with E-state index in [4.69, 9.17) is 10.5 Å². The summed E-state index contributed by atoms with van der Waals surface area (Å²) in [5, 5.41) is 20.0. The molecule has 0 radical (unpaired) electrons. The molecule has 0 aromatic heterocycles. The van der Waals surface area contributed by atoms with E-state index in [1.54, 1.807) is 0 Å². The number of ether oxygens (including phenoxy) is 1. The van der Waals surface area contributed by atoms with Gasteiger partial charge in [-0.25, -0.2) is 0 Å². The Labute approximate surface area is 119 Å². The lowest BCUT2D eigenvalue weighted by Gasteiger charge is -2.39. The van der Waals surface area contributed by atoms with Crippen molar-refractivity contribution in [2.45, 2.75) is 50.7 Å². The van der Waals surface area contributed by atoms with Crippen LogP contribution in [0.4, 0.5) is 0 Å². The number of hydrogen-bond donors (Lipinski definition) is 3. The molecule has 4 nitrogen and oxygen atoms in total. The zero-order chi connectivity index (χ0) is 14.1. The van der Waals surface area contributed by atoms with Gasteiger partial charge in [-0.1, -0.05) is 25.3 Å². The van der Waals surface area contributed by atoms with E-state index in [0.717, 1.165) is 11.1 Å². The number of fused-ring (bicyclic) bond motifs is 1. The highest BCUT2D eigenvalue weighted by atomic mass is 16.5. The maximum absolute atomic E-state index is 10.2.